The van der Waals surface area contributed by atoms with E-state index >= 15 is 0 Å². The fourth-order valence-corrected chi connectivity index (χ4v) is 3.42. The van der Waals surface area contributed by atoms with Crippen molar-refractivity contribution in [2.75, 3.05) is 32.8 Å². The monoisotopic (exact) mass is 302 g/mol. The minimum absolute atomic E-state index is 0.0206. The van der Waals surface area contributed by atoms with Crippen LogP contribution in [0.3, 0.4) is 0 Å². The van der Waals surface area contributed by atoms with E-state index in [0.29, 0.717) is 12.5 Å². The van der Waals surface area contributed by atoms with Crippen LogP contribution in [-0.4, -0.2) is 38.8 Å². The van der Waals surface area contributed by atoms with Crippen molar-refractivity contribution in [3.05, 3.63) is 35.9 Å². The zero-order valence-electron chi connectivity index (χ0n) is 13.3. The Morgan fingerprint density at radius 3 is 2.59 bits per heavy atom. The van der Waals surface area contributed by atoms with E-state index < -0.39 is 0 Å². The average molecular weight is 302 g/mol. The van der Waals surface area contributed by atoms with E-state index in [1.54, 1.807) is 0 Å². The van der Waals surface area contributed by atoms with Crippen LogP contribution in [0.4, 0.5) is 0 Å². The van der Waals surface area contributed by atoms with Gasteiger partial charge in [0.15, 0.2) is 0 Å². The van der Waals surface area contributed by atoms with Gasteiger partial charge in [-0.15, -0.1) is 0 Å². The third-order valence-electron chi connectivity index (χ3n) is 5.37. The summed E-state index contributed by atoms with van der Waals surface area (Å²) in [5.41, 5.74) is 1.34. The lowest BCUT2D eigenvalue weighted by Crippen LogP contribution is -2.51. The molecule has 0 spiro atoms. The van der Waals surface area contributed by atoms with Crippen LogP contribution in [0.5, 0.6) is 0 Å². The van der Waals surface area contributed by atoms with Crippen molar-refractivity contribution in [3.63, 3.8) is 0 Å². The Morgan fingerprint density at radius 2 is 2.00 bits per heavy atom. The van der Waals surface area contributed by atoms with Gasteiger partial charge >= 0.3 is 0 Å². The number of nitrogens with one attached hydrogen (secondary N) is 2. The molecular formula is C18H26N2O2. The molecule has 0 radical (unpaired) electrons. The lowest BCUT2D eigenvalue weighted by Gasteiger charge is -2.39. The molecule has 120 valence electrons. The Morgan fingerprint density at radius 1 is 1.32 bits per heavy atom. The zero-order valence-corrected chi connectivity index (χ0v) is 13.3. The number of carbonyl (C=O) groups excluding carboxylic acids is 1. The molecule has 0 aromatic heterocycles. The Balaban J connectivity index is 1.67. The number of amides is 1. The number of rotatable bonds is 5. The van der Waals surface area contributed by atoms with Gasteiger partial charge < -0.3 is 15.4 Å². The third-order valence-corrected chi connectivity index (χ3v) is 5.37. The Kier molecular flexibility index (Phi) is 4.79. The summed E-state index contributed by atoms with van der Waals surface area (Å²) in [6.45, 7) is 6.22. The number of carbonyl (C=O) groups is 1. The van der Waals surface area contributed by atoms with Gasteiger partial charge in [-0.1, -0.05) is 37.3 Å². The van der Waals surface area contributed by atoms with Crippen LogP contribution in [0.15, 0.2) is 30.3 Å². The van der Waals surface area contributed by atoms with E-state index in [1.165, 1.54) is 5.56 Å². The zero-order chi connectivity index (χ0) is 15.4. The van der Waals surface area contributed by atoms with Crippen LogP contribution in [0.1, 0.15) is 25.3 Å². The first kappa shape index (κ1) is 15.5. The first-order valence-electron chi connectivity index (χ1n) is 8.33. The summed E-state index contributed by atoms with van der Waals surface area (Å²) < 4.78 is 5.54. The van der Waals surface area contributed by atoms with E-state index in [2.05, 4.69) is 34.9 Å². The predicted molar refractivity (Wildman–Crippen MR) is 86.7 cm³/mol. The Hall–Kier alpha value is -1.39. The standard InChI is InChI=1S/C18H26N2O2/c1-14(15-11-19-12-15)17(21)20-13-18(7-9-22-10-8-18)16-5-3-2-4-6-16/h2-6,14-15,19H,7-13H2,1H3,(H,20,21). The van der Waals surface area contributed by atoms with Gasteiger partial charge in [0, 0.05) is 31.1 Å². The molecule has 2 aliphatic heterocycles. The molecule has 2 N–H and O–H groups in total. The molecule has 4 nitrogen and oxygen atoms in total. The van der Waals surface area contributed by atoms with Crippen molar-refractivity contribution < 1.29 is 9.53 Å². The van der Waals surface area contributed by atoms with E-state index in [-0.39, 0.29) is 17.2 Å². The minimum atomic E-state index is 0.0206. The van der Waals surface area contributed by atoms with E-state index in [1.807, 2.05) is 13.0 Å². The van der Waals surface area contributed by atoms with Crippen molar-refractivity contribution in [2.24, 2.45) is 11.8 Å². The Bertz CT molecular complexity index is 493. The molecule has 1 amide bonds. The van der Waals surface area contributed by atoms with Crippen LogP contribution in [-0.2, 0) is 14.9 Å². The van der Waals surface area contributed by atoms with Crippen molar-refractivity contribution in [1.82, 2.24) is 10.6 Å². The molecule has 3 rings (SSSR count). The predicted octanol–water partition coefficient (Wildman–Crippen LogP) is 1.71. The van der Waals surface area contributed by atoms with Crippen molar-refractivity contribution >= 4 is 5.91 Å². The fourth-order valence-electron chi connectivity index (χ4n) is 3.42. The molecule has 1 atom stereocenters. The largest absolute Gasteiger partial charge is 0.381 e. The molecule has 0 saturated carbocycles. The normalized spacial score (nSPS) is 22.6. The SMILES string of the molecule is CC(C(=O)NCC1(c2ccccc2)CCOCC1)C1CNC1. The number of hydrogen-bond acceptors (Lipinski definition) is 3. The van der Waals surface area contributed by atoms with Gasteiger partial charge in [0.05, 0.1) is 0 Å². The van der Waals surface area contributed by atoms with Crippen molar-refractivity contribution in [3.8, 4) is 0 Å². The lowest BCUT2D eigenvalue weighted by atomic mass is 9.74. The summed E-state index contributed by atoms with van der Waals surface area (Å²) in [5.74, 6) is 0.768. The third kappa shape index (κ3) is 3.18. The molecule has 2 saturated heterocycles. The molecule has 4 heteroatoms. The molecule has 2 aliphatic rings. The van der Waals surface area contributed by atoms with Crippen LogP contribution in [0.25, 0.3) is 0 Å². The van der Waals surface area contributed by atoms with Crippen LogP contribution >= 0.6 is 0 Å². The van der Waals surface area contributed by atoms with Crippen LogP contribution in [0, 0.1) is 11.8 Å². The summed E-state index contributed by atoms with van der Waals surface area (Å²) in [7, 11) is 0. The molecule has 22 heavy (non-hydrogen) atoms. The second-order valence-corrected chi connectivity index (χ2v) is 6.68. The van der Waals surface area contributed by atoms with Gasteiger partial charge in [-0.3, -0.25) is 4.79 Å². The molecule has 1 unspecified atom stereocenters. The number of benzene rings is 1. The molecule has 2 fully saturated rings. The maximum Gasteiger partial charge on any atom is 0.223 e. The van der Waals surface area contributed by atoms with Gasteiger partial charge in [0.2, 0.25) is 5.91 Å². The smallest absolute Gasteiger partial charge is 0.223 e. The highest BCUT2D eigenvalue weighted by molar-refractivity contribution is 5.78. The summed E-state index contributed by atoms with van der Waals surface area (Å²) >= 11 is 0. The van der Waals surface area contributed by atoms with Crippen molar-refractivity contribution in [1.29, 1.82) is 0 Å². The first-order chi connectivity index (χ1) is 10.7. The van der Waals surface area contributed by atoms with Crippen LogP contribution in [0.2, 0.25) is 0 Å². The highest BCUT2D eigenvalue weighted by atomic mass is 16.5. The van der Waals surface area contributed by atoms with Gasteiger partial charge in [-0.2, -0.15) is 0 Å². The highest BCUT2D eigenvalue weighted by Gasteiger charge is 2.36. The van der Waals surface area contributed by atoms with Gasteiger partial charge in [-0.25, -0.2) is 0 Å². The summed E-state index contributed by atoms with van der Waals surface area (Å²) in [4.78, 5) is 12.4. The van der Waals surface area contributed by atoms with Gasteiger partial charge in [0.1, 0.15) is 0 Å². The summed E-state index contributed by atoms with van der Waals surface area (Å²) in [5, 5.41) is 6.46. The first-order valence-corrected chi connectivity index (χ1v) is 8.33. The molecule has 0 bridgehead atoms. The van der Waals surface area contributed by atoms with E-state index in [4.69, 9.17) is 4.74 Å². The average Bonchev–Trinajstić information content (AvgIpc) is 2.52. The maximum atomic E-state index is 12.4. The topological polar surface area (TPSA) is 50.4 Å². The van der Waals surface area contributed by atoms with Gasteiger partial charge in [0.25, 0.3) is 0 Å². The lowest BCUT2D eigenvalue weighted by molar-refractivity contribution is -0.127. The summed E-state index contributed by atoms with van der Waals surface area (Å²) in [6, 6.07) is 10.6. The number of ether oxygens (including phenoxy) is 1. The molecule has 0 aliphatic carbocycles. The second kappa shape index (κ2) is 6.80. The van der Waals surface area contributed by atoms with E-state index in [0.717, 1.165) is 39.1 Å². The minimum Gasteiger partial charge on any atom is -0.381 e. The van der Waals surface area contributed by atoms with E-state index in [9.17, 15) is 4.79 Å². The van der Waals surface area contributed by atoms with Crippen LogP contribution < -0.4 is 10.6 Å². The second-order valence-electron chi connectivity index (χ2n) is 6.68. The molecule has 1 aromatic rings. The molecular weight excluding hydrogens is 276 g/mol. The molecule has 1 aromatic carbocycles. The number of hydrogen-bond donors (Lipinski definition) is 2. The quantitative estimate of drug-likeness (QED) is 0.870. The summed E-state index contributed by atoms with van der Waals surface area (Å²) in [6.07, 6.45) is 1.94. The van der Waals surface area contributed by atoms with Gasteiger partial charge in [-0.05, 0) is 37.4 Å². The van der Waals surface area contributed by atoms with Crippen molar-refractivity contribution in [2.45, 2.75) is 25.2 Å². The fraction of sp³-hybridized carbons (Fsp3) is 0.611. The maximum absolute atomic E-state index is 12.4. The Labute approximate surface area is 132 Å². The highest BCUT2D eigenvalue weighted by Crippen LogP contribution is 2.34. The molecule has 2 heterocycles.